The lowest BCUT2D eigenvalue weighted by atomic mass is 9.98. The number of aryl methyl sites for hydroxylation is 1. The van der Waals surface area contributed by atoms with Crippen molar-refractivity contribution in [1.82, 2.24) is 5.32 Å². The van der Waals surface area contributed by atoms with Gasteiger partial charge in [-0.1, -0.05) is 12.1 Å². The van der Waals surface area contributed by atoms with Gasteiger partial charge in [0.1, 0.15) is 5.82 Å². The molecule has 1 aromatic carbocycles. The summed E-state index contributed by atoms with van der Waals surface area (Å²) in [5, 5.41) is 3.17. The first-order chi connectivity index (χ1) is 5.79. The molecule has 0 aliphatic carbocycles. The van der Waals surface area contributed by atoms with Gasteiger partial charge in [0.25, 0.3) is 0 Å². The van der Waals surface area contributed by atoms with Crippen molar-refractivity contribution >= 4 is 0 Å². The molecule has 1 N–H and O–H groups in total. The van der Waals surface area contributed by atoms with Crippen LogP contribution in [0.15, 0.2) is 12.1 Å². The maximum absolute atomic E-state index is 13.4. The Bertz CT molecular complexity index is 307. The second kappa shape index (κ2) is 2.87. The van der Waals surface area contributed by atoms with Crippen molar-refractivity contribution in [1.29, 1.82) is 0 Å². The van der Waals surface area contributed by atoms with Crippen LogP contribution in [0, 0.1) is 12.7 Å². The van der Waals surface area contributed by atoms with Gasteiger partial charge < -0.3 is 5.32 Å². The average molecular weight is 165 g/mol. The zero-order valence-electron chi connectivity index (χ0n) is 7.15. The average Bonchev–Trinajstić information content (AvgIpc) is 2.12. The summed E-state index contributed by atoms with van der Waals surface area (Å²) >= 11 is 0. The van der Waals surface area contributed by atoms with Crippen LogP contribution in [0.2, 0.25) is 0 Å². The van der Waals surface area contributed by atoms with Crippen LogP contribution >= 0.6 is 0 Å². The number of hydrogen-bond acceptors (Lipinski definition) is 1. The summed E-state index contributed by atoms with van der Waals surface area (Å²) in [5.41, 5.74) is 2.77. The second-order valence-corrected chi connectivity index (χ2v) is 3.26. The van der Waals surface area contributed by atoms with E-state index in [1.807, 2.05) is 19.1 Å². The van der Waals surface area contributed by atoms with Crippen LogP contribution in [0.25, 0.3) is 0 Å². The Labute approximate surface area is 71.6 Å². The molecular weight excluding hydrogens is 153 g/mol. The van der Waals surface area contributed by atoms with Crippen LogP contribution in [0.4, 0.5) is 4.39 Å². The normalized spacial score (nSPS) is 15.8. The molecule has 1 nitrogen and oxygen atoms in total. The minimum absolute atomic E-state index is 0.0281. The zero-order chi connectivity index (χ0) is 8.55. The van der Waals surface area contributed by atoms with Gasteiger partial charge >= 0.3 is 0 Å². The fourth-order valence-electron chi connectivity index (χ4n) is 1.64. The molecule has 0 aromatic heterocycles. The first kappa shape index (κ1) is 7.74. The lowest BCUT2D eigenvalue weighted by molar-refractivity contribution is 0.557. The quantitative estimate of drug-likeness (QED) is 0.618. The van der Waals surface area contributed by atoms with Gasteiger partial charge in [-0.15, -0.1) is 0 Å². The Morgan fingerprint density at radius 3 is 3.08 bits per heavy atom. The number of benzene rings is 1. The molecule has 2 rings (SSSR count). The van der Waals surface area contributed by atoms with E-state index in [2.05, 4.69) is 5.32 Å². The van der Waals surface area contributed by atoms with Crippen LogP contribution in [0.5, 0.6) is 0 Å². The molecule has 0 atom stereocenters. The van der Waals surface area contributed by atoms with Crippen LogP contribution in [-0.4, -0.2) is 6.54 Å². The monoisotopic (exact) mass is 165 g/mol. The van der Waals surface area contributed by atoms with E-state index in [1.165, 1.54) is 0 Å². The van der Waals surface area contributed by atoms with Crippen LogP contribution in [-0.2, 0) is 13.0 Å². The van der Waals surface area contributed by atoms with Crippen LogP contribution < -0.4 is 5.32 Å². The molecule has 1 aromatic rings. The molecule has 0 saturated carbocycles. The Morgan fingerprint density at radius 2 is 2.25 bits per heavy atom. The van der Waals surface area contributed by atoms with Gasteiger partial charge in [-0.25, -0.2) is 4.39 Å². The van der Waals surface area contributed by atoms with Gasteiger partial charge in [0.15, 0.2) is 0 Å². The van der Waals surface area contributed by atoms with E-state index in [4.69, 9.17) is 0 Å². The molecule has 0 amide bonds. The van der Waals surface area contributed by atoms with E-state index in [9.17, 15) is 4.39 Å². The van der Waals surface area contributed by atoms with Crippen LogP contribution in [0.1, 0.15) is 16.7 Å². The Hall–Kier alpha value is -0.890. The summed E-state index contributed by atoms with van der Waals surface area (Å²) in [4.78, 5) is 0. The SMILES string of the molecule is Cc1ccc2c(c1F)CNCC2. The lowest BCUT2D eigenvalue weighted by Gasteiger charge is -2.18. The molecule has 0 unspecified atom stereocenters. The number of nitrogens with one attached hydrogen (secondary N) is 1. The Morgan fingerprint density at radius 1 is 1.42 bits per heavy atom. The summed E-state index contributed by atoms with van der Waals surface area (Å²) in [7, 11) is 0. The molecule has 1 aliphatic heterocycles. The summed E-state index contributed by atoms with van der Waals surface area (Å²) in [5.74, 6) is -0.0281. The molecule has 64 valence electrons. The maximum Gasteiger partial charge on any atom is 0.130 e. The smallest absolute Gasteiger partial charge is 0.130 e. The van der Waals surface area contributed by atoms with E-state index in [1.54, 1.807) is 0 Å². The summed E-state index contributed by atoms with van der Waals surface area (Å²) in [6.07, 6.45) is 0.951. The van der Waals surface area contributed by atoms with Gasteiger partial charge in [0.05, 0.1) is 0 Å². The van der Waals surface area contributed by atoms with E-state index >= 15 is 0 Å². The van der Waals surface area contributed by atoms with Gasteiger partial charge in [-0.2, -0.15) is 0 Å². The van der Waals surface area contributed by atoms with E-state index < -0.39 is 0 Å². The molecule has 12 heavy (non-hydrogen) atoms. The van der Waals surface area contributed by atoms with Crippen molar-refractivity contribution in [2.75, 3.05) is 6.54 Å². The van der Waals surface area contributed by atoms with Gasteiger partial charge in [0, 0.05) is 12.1 Å². The highest BCUT2D eigenvalue weighted by Gasteiger charge is 2.13. The topological polar surface area (TPSA) is 12.0 Å². The molecule has 1 aliphatic rings. The highest BCUT2D eigenvalue weighted by Crippen LogP contribution is 2.19. The maximum atomic E-state index is 13.4. The van der Waals surface area contributed by atoms with Crippen molar-refractivity contribution in [3.63, 3.8) is 0 Å². The first-order valence-electron chi connectivity index (χ1n) is 4.26. The highest BCUT2D eigenvalue weighted by atomic mass is 19.1. The molecule has 2 heteroatoms. The summed E-state index contributed by atoms with van der Waals surface area (Å²) in [6, 6.07) is 3.90. The van der Waals surface area contributed by atoms with Gasteiger partial charge in [-0.3, -0.25) is 0 Å². The number of halogens is 1. The molecule has 0 spiro atoms. The fourth-order valence-corrected chi connectivity index (χ4v) is 1.64. The van der Waals surface area contributed by atoms with E-state index in [-0.39, 0.29) is 5.82 Å². The van der Waals surface area contributed by atoms with Crippen molar-refractivity contribution in [3.8, 4) is 0 Å². The highest BCUT2D eigenvalue weighted by molar-refractivity contribution is 5.34. The molecule has 0 bridgehead atoms. The first-order valence-corrected chi connectivity index (χ1v) is 4.26. The van der Waals surface area contributed by atoms with Crippen molar-refractivity contribution in [3.05, 3.63) is 34.6 Å². The third-order valence-corrected chi connectivity index (χ3v) is 2.41. The zero-order valence-corrected chi connectivity index (χ0v) is 7.15. The second-order valence-electron chi connectivity index (χ2n) is 3.26. The Balaban J connectivity index is 2.54. The Kier molecular flexibility index (Phi) is 1.85. The molecule has 0 radical (unpaired) electrons. The van der Waals surface area contributed by atoms with E-state index in [0.29, 0.717) is 6.54 Å². The van der Waals surface area contributed by atoms with Gasteiger partial charge in [0.2, 0.25) is 0 Å². The largest absolute Gasteiger partial charge is 0.312 e. The number of rotatable bonds is 0. The molecule has 0 saturated heterocycles. The van der Waals surface area contributed by atoms with E-state index in [0.717, 1.165) is 29.7 Å². The lowest BCUT2D eigenvalue weighted by Crippen LogP contribution is -2.24. The molecule has 0 fully saturated rings. The predicted octanol–water partition coefficient (Wildman–Crippen LogP) is 1.78. The third kappa shape index (κ3) is 1.12. The van der Waals surface area contributed by atoms with Crippen LogP contribution in [0.3, 0.4) is 0 Å². The fraction of sp³-hybridized carbons (Fsp3) is 0.400. The predicted molar refractivity (Wildman–Crippen MR) is 46.5 cm³/mol. The standard InChI is InChI=1S/C10H12FN/c1-7-2-3-8-4-5-12-6-9(8)10(7)11/h2-3,12H,4-6H2,1H3. The van der Waals surface area contributed by atoms with Crippen molar-refractivity contribution in [2.24, 2.45) is 0 Å². The third-order valence-electron chi connectivity index (χ3n) is 2.41. The molecule has 1 heterocycles. The summed E-state index contributed by atoms with van der Waals surface area (Å²) < 4.78 is 13.4. The molecular formula is C10H12FN. The minimum Gasteiger partial charge on any atom is -0.312 e. The minimum atomic E-state index is -0.0281. The van der Waals surface area contributed by atoms with Crippen molar-refractivity contribution < 1.29 is 4.39 Å². The summed E-state index contributed by atoms with van der Waals surface area (Å²) in [6.45, 7) is 3.46. The van der Waals surface area contributed by atoms with Crippen molar-refractivity contribution in [2.45, 2.75) is 19.9 Å². The number of hydrogen-bond donors (Lipinski definition) is 1. The van der Waals surface area contributed by atoms with Gasteiger partial charge in [-0.05, 0) is 31.0 Å². The number of fused-ring (bicyclic) bond motifs is 1.